The molecule has 630 valence electrons. The molecular weight excluding hydrogens is 1640 g/mol. The minimum absolute atomic E-state index is 0.198. The Hall–Kier alpha value is -17.3. The molecule has 0 atom stereocenters. The molecule has 22 rings (SSSR count). The van der Waals surface area contributed by atoms with Crippen LogP contribution in [-0.2, 0) is 6.18 Å². The first kappa shape index (κ1) is 83.6. The number of hydrogen-bond donors (Lipinski definition) is 0. The summed E-state index contributed by atoms with van der Waals surface area (Å²) in [5.74, 6) is 3.26. The average Bonchev–Trinajstić information content (AvgIpc) is 1.23. The van der Waals surface area contributed by atoms with E-state index in [4.69, 9.17) is 26.3 Å². The minimum Gasteiger partial charge on any atom is -0.362 e. The van der Waals surface area contributed by atoms with E-state index in [1.807, 2.05) is 137 Å². The summed E-state index contributed by atoms with van der Waals surface area (Å²) in [4.78, 5) is 60.5. The molecule has 0 bridgehead atoms. The second-order valence-corrected chi connectivity index (χ2v) is 31.2. The molecule has 0 amide bonds. The summed E-state index contributed by atoms with van der Waals surface area (Å²) in [6, 6.07) is 71.1. The van der Waals surface area contributed by atoms with Gasteiger partial charge in [-0.1, -0.05) is 111 Å². The second-order valence-electron chi connectivity index (χ2n) is 31.2. The third kappa shape index (κ3) is 17.5. The number of aryl methyl sites for hydroxylation is 3. The van der Waals surface area contributed by atoms with Crippen molar-refractivity contribution in [3.05, 3.63) is 409 Å². The fourth-order valence-corrected chi connectivity index (χ4v) is 16.1. The Bertz CT molecular complexity index is 7870. The number of nitrogens with zero attached hydrogens (tertiary/aromatic N) is 20. The van der Waals surface area contributed by atoms with Gasteiger partial charge in [-0.2, -0.15) is 13.2 Å². The molecule has 1 saturated heterocycles. The summed E-state index contributed by atoms with van der Waals surface area (Å²) >= 11 is 0. The van der Waals surface area contributed by atoms with Crippen molar-refractivity contribution in [1.82, 2.24) is 71.8 Å². The number of aromatic nitrogens is 15. The van der Waals surface area contributed by atoms with Gasteiger partial charge < -0.3 is 24.3 Å². The van der Waals surface area contributed by atoms with Gasteiger partial charge in [-0.3, -0.25) is 29.3 Å². The van der Waals surface area contributed by atoms with E-state index in [0.29, 0.717) is 62.8 Å². The van der Waals surface area contributed by atoms with Crippen molar-refractivity contribution in [3.8, 4) is 112 Å². The standard InChI is InChI=1S/C23H21FN4.C22H16N4.C20H11F3N4.C20H13FN4.C20H14N4/c1-16-13-17(6-8-20(16)24)23-19(5-4-10-25-23)18-7-9-21-26-14-22(28(21)15-18)27-11-2-3-12-27;1-23-21-13-25-20-10-9-18(14-26(20)21)19-6-3-11-24-22(19)17-5-2-4-16(12-17)15-7-8-15;1-24-18-11-26-17-8-7-14(12-27(17)18)16-6-3-9-25-19(16)13-4-2-5-15(10-13)20(21,22)23;1-13-10-14(5-7-17(13)21)20-16(4-3-9-23-20)15-6-8-18-24-11-19(22-2)25(18)12-15;1-14-5-3-6-15(11-14)20-17(7-4-10-22-20)16-8-9-18-23-12-19(21-2)24(18)13-16/h4-10,13-15H,2-3,11-12H2,1H3;2-6,9-15H,7-8H2;2-12H;3-12H,1H3;3-13H,1H3. The van der Waals surface area contributed by atoms with Crippen LogP contribution in [0.1, 0.15) is 59.4 Å². The molecule has 20 aromatic rings. The van der Waals surface area contributed by atoms with Crippen molar-refractivity contribution in [1.29, 1.82) is 0 Å². The van der Waals surface area contributed by atoms with Gasteiger partial charge >= 0.3 is 6.18 Å². The van der Waals surface area contributed by atoms with Crippen molar-refractivity contribution in [2.24, 2.45) is 0 Å². The first-order valence-electron chi connectivity index (χ1n) is 41.7. The fourth-order valence-electron chi connectivity index (χ4n) is 16.1. The fraction of sp³-hybridized carbons (Fsp3) is 0.105. The monoisotopic (exact) mass is 1710 g/mol. The first-order valence-corrected chi connectivity index (χ1v) is 41.7. The Morgan fingerprint density at radius 2 is 0.631 bits per heavy atom. The van der Waals surface area contributed by atoms with Crippen LogP contribution in [-0.4, -0.2) is 84.9 Å². The van der Waals surface area contributed by atoms with Gasteiger partial charge in [-0.05, 0) is 196 Å². The molecular formula is C105H75F5N20. The Balaban J connectivity index is 0.000000109. The molecule has 0 radical (unpaired) electrons. The van der Waals surface area contributed by atoms with Crippen LogP contribution in [0.4, 0.5) is 51.0 Å². The molecule has 15 aromatic heterocycles. The quantitative estimate of drug-likeness (QED) is 0.0842. The normalized spacial score (nSPS) is 12.2. The van der Waals surface area contributed by atoms with E-state index in [2.05, 4.69) is 158 Å². The van der Waals surface area contributed by atoms with Crippen molar-refractivity contribution < 1.29 is 22.0 Å². The molecule has 130 heavy (non-hydrogen) atoms. The van der Waals surface area contributed by atoms with E-state index in [-0.39, 0.29) is 11.6 Å². The number of rotatable bonds is 12. The maximum atomic E-state index is 13.7. The molecule has 25 heteroatoms. The smallest absolute Gasteiger partial charge is 0.362 e. The number of benzene rings is 5. The van der Waals surface area contributed by atoms with Gasteiger partial charge in [0.25, 0.3) is 23.3 Å². The molecule has 2 aliphatic rings. The summed E-state index contributed by atoms with van der Waals surface area (Å²) < 4.78 is 75.8. The van der Waals surface area contributed by atoms with E-state index in [1.165, 1.54) is 61.2 Å². The lowest BCUT2D eigenvalue weighted by Crippen LogP contribution is -2.19. The van der Waals surface area contributed by atoms with E-state index < -0.39 is 11.7 Å². The zero-order valence-corrected chi connectivity index (χ0v) is 70.3. The van der Waals surface area contributed by atoms with Crippen molar-refractivity contribution in [2.75, 3.05) is 18.0 Å². The van der Waals surface area contributed by atoms with Gasteiger partial charge in [-0.25, -0.2) is 51.3 Å². The SMILES string of the molecule is Cc1cc(-c2ncccc2-c2ccc3ncc(N4CCCC4)n3c2)ccc1F.[C-]#[N+]c1cnc2ccc(-c3cccnc3-c3ccc(F)c(C)c3)cn12.[C-]#[N+]c1cnc2ccc(-c3cccnc3-c3cccc(C(F)(F)F)c3)cn12.[C-]#[N+]c1cnc2ccc(-c3cccnc3-c3cccc(C)c3)cn12.[C-]#[N+]c1cnc2ccc(-c3cccnc3-c3cccc(C4CC4)c3)cn12. The molecule has 0 N–H and O–H groups in total. The predicted octanol–water partition coefficient (Wildman–Crippen LogP) is 26.2. The molecule has 2 fully saturated rings. The molecule has 1 saturated carbocycles. The highest BCUT2D eigenvalue weighted by Gasteiger charge is 2.31. The molecule has 0 spiro atoms. The largest absolute Gasteiger partial charge is 0.416 e. The number of halogens is 5. The van der Waals surface area contributed by atoms with Crippen molar-refractivity contribution in [2.45, 2.75) is 58.5 Å². The Morgan fingerprint density at radius 3 is 0.977 bits per heavy atom. The number of alkyl halides is 3. The third-order valence-corrected chi connectivity index (χ3v) is 22.7. The highest BCUT2D eigenvalue weighted by atomic mass is 19.4. The van der Waals surface area contributed by atoms with Gasteiger partial charge in [-0.15, -0.1) is 0 Å². The van der Waals surface area contributed by atoms with Gasteiger partial charge in [0, 0.05) is 158 Å². The number of fused-ring (bicyclic) bond motifs is 5. The van der Waals surface area contributed by atoms with E-state index in [9.17, 15) is 22.0 Å². The van der Waals surface area contributed by atoms with Crippen LogP contribution in [0.2, 0.25) is 0 Å². The zero-order chi connectivity index (χ0) is 89.5. The summed E-state index contributed by atoms with van der Waals surface area (Å²) in [6.07, 6.45) is 27.1. The molecule has 5 aromatic carbocycles. The Morgan fingerprint density at radius 1 is 0.315 bits per heavy atom. The van der Waals surface area contributed by atoms with Crippen LogP contribution < -0.4 is 4.90 Å². The number of anilines is 1. The zero-order valence-electron chi connectivity index (χ0n) is 70.3. The number of imidazole rings is 5. The first-order chi connectivity index (χ1) is 63.4. The van der Waals surface area contributed by atoms with Crippen molar-refractivity contribution >= 4 is 57.3 Å². The van der Waals surface area contributed by atoms with Crippen LogP contribution in [0.3, 0.4) is 0 Å². The number of hydrogen-bond acceptors (Lipinski definition) is 11. The molecule has 16 heterocycles. The summed E-state index contributed by atoms with van der Waals surface area (Å²) in [5, 5.41) is 0. The van der Waals surface area contributed by atoms with Crippen LogP contribution >= 0.6 is 0 Å². The van der Waals surface area contributed by atoms with Crippen LogP contribution in [0.15, 0.2) is 323 Å². The second kappa shape index (κ2) is 36.5. The molecule has 1 aliphatic heterocycles. The van der Waals surface area contributed by atoms with Crippen LogP contribution in [0.25, 0.3) is 160 Å². The van der Waals surface area contributed by atoms with Gasteiger partial charge in [0.1, 0.15) is 23.1 Å². The lowest BCUT2D eigenvalue weighted by atomic mass is 9.98. The maximum Gasteiger partial charge on any atom is 0.416 e. The molecule has 1 aliphatic carbocycles. The predicted molar refractivity (Wildman–Crippen MR) is 497 cm³/mol. The highest BCUT2D eigenvalue weighted by molar-refractivity contribution is 5.87. The van der Waals surface area contributed by atoms with Gasteiger partial charge in [0.05, 0.1) is 89.8 Å². The summed E-state index contributed by atoms with van der Waals surface area (Å²) in [7, 11) is 0. The van der Waals surface area contributed by atoms with Crippen LogP contribution in [0.5, 0.6) is 0 Å². The Labute approximate surface area is 744 Å². The molecule has 20 nitrogen and oxygen atoms in total. The van der Waals surface area contributed by atoms with E-state index in [0.717, 1.165) is 149 Å². The summed E-state index contributed by atoms with van der Waals surface area (Å²) in [6.45, 7) is 36.8. The van der Waals surface area contributed by atoms with Gasteiger partial charge in [0.15, 0.2) is 0 Å². The third-order valence-electron chi connectivity index (χ3n) is 22.7. The maximum absolute atomic E-state index is 13.7. The van der Waals surface area contributed by atoms with Crippen molar-refractivity contribution in [3.63, 3.8) is 0 Å². The molecule has 0 unspecified atom stereocenters. The van der Waals surface area contributed by atoms with E-state index in [1.54, 1.807) is 108 Å². The lowest BCUT2D eigenvalue weighted by molar-refractivity contribution is -0.137. The Kier molecular flexibility index (Phi) is 23.5. The summed E-state index contributed by atoms with van der Waals surface area (Å²) in [5.41, 5.74) is 24.7. The highest BCUT2D eigenvalue weighted by Crippen LogP contribution is 2.44. The number of pyridine rings is 10. The topological polar surface area (TPSA) is 172 Å². The average molecular weight is 1710 g/mol. The lowest BCUT2D eigenvalue weighted by Gasteiger charge is -2.17. The van der Waals surface area contributed by atoms with E-state index >= 15 is 0 Å². The minimum atomic E-state index is -4.43. The van der Waals surface area contributed by atoms with Crippen LogP contribution in [0, 0.1) is 58.7 Å². The van der Waals surface area contributed by atoms with Gasteiger partial charge in [0.2, 0.25) is 22.6 Å².